The first kappa shape index (κ1) is 14.8. The van der Waals surface area contributed by atoms with Gasteiger partial charge in [0.15, 0.2) is 0 Å². The summed E-state index contributed by atoms with van der Waals surface area (Å²) in [6.07, 6.45) is 2.03. The molecular weight excluding hydrogens is 258 g/mol. The average Bonchev–Trinajstić information content (AvgIpc) is 2.85. The summed E-state index contributed by atoms with van der Waals surface area (Å²) in [7, 11) is 0. The predicted octanol–water partition coefficient (Wildman–Crippen LogP) is 1.17. The molecule has 0 atom stereocenters. The molecule has 19 heavy (non-hydrogen) atoms. The van der Waals surface area contributed by atoms with Gasteiger partial charge in [-0.2, -0.15) is 11.8 Å². The molecule has 5 nitrogen and oxygen atoms in total. The quantitative estimate of drug-likeness (QED) is 0.822. The molecular formula is C13H25N5S. The third-order valence-corrected chi connectivity index (χ3v) is 4.19. The summed E-state index contributed by atoms with van der Waals surface area (Å²) in [5, 5.41) is 11.8. The first-order valence-electron chi connectivity index (χ1n) is 6.98. The molecule has 1 saturated heterocycles. The highest BCUT2D eigenvalue weighted by molar-refractivity contribution is 7.99. The molecule has 6 heteroatoms. The maximum Gasteiger partial charge on any atom is 0.0965 e. The summed E-state index contributed by atoms with van der Waals surface area (Å²) in [5.41, 5.74) is 1.03. The maximum absolute atomic E-state index is 4.20. The van der Waals surface area contributed by atoms with Gasteiger partial charge >= 0.3 is 0 Å². The molecule has 1 aliphatic rings. The van der Waals surface area contributed by atoms with Crippen LogP contribution in [0.5, 0.6) is 0 Å². The lowest BCUT2D eigenvalue weighted by Gasteiger charge is -2.25. The molecule has 0 amide bonds. The molecule has 2 rings (SSSR count). The average molecular weight is 283 g/mol. The van der Waals surface area contributed by atoms with Gasteiger partial charge in [0.2, 0.25) is 0 Å². The van der Waals surface area contributed by atoms with Crippen LogP contribution >= 0.6 is 11.8 Å². The van der Waals surface area contributed by atoms with Crippen LogP contribution in [0.2, 0.25) is 0 Å². The van der Waals surface area contributed by atoms with Crippen molar-refractivity contribution in [1.82, 2.24) is 25.2 Å². The minimum atomic E-state index is 0.0106. The van der Waals surface area contributed by atoms with Crippen molar-refractivity contribution in [2.45, 2.75) is 32.9 Å². The largest absolute Gasteiger partial charge is 0.310 e. The van der Waals surface area contributed by atoms with Crippen LogP contribution < -0.4 is 5.32 Å². The van der Waals surface area contributed by atoms with Crippen LogP contribution in [-0.4, -0.2) is 57.6 Å². The topological polar surface area (TPSA) is 46.0 Å². The molecule has 1 aromatic rings. The Morgan fingerprint density at radius 2 is 2.05 bits per heavy atom. The van der Waals surface area contributed by atoms with Crippen LogP contribution in [-0.2, 0) is 12.1 Å². The SMILES string of the molecule is CC(C)(C)n1cc(CNCCN2CCSCC2)nn1. The molecule has 0 bridgehead atoms. The Balaban J connectivity index is 1.66. The number of rotatable bonds is 5. The molecule has 1 aromatic heterocycles. The second kappa shape index (κ2) is 6.72. The van der Waals surface area contributed by atoms with Crippen molar-refractivity contribution in [2.75, 3.05) is 37.7 Å². The Hall–Kier alpha value is -0.590. The normalized spacial score (nSPS) is 17.8. The standard InChI is InChI=1S/C13H25N5S/c1-13(2,3)18-11-12(15-16-18)10-14-4-5-17-6-8-19-9-7-17/h11,14H,4-10H2,1-3H3. The van der Waals surface area contributed by atoms with E-state index in [-0.39, 0.29) is 5.54 Å². The van der Waals surface area contributed by atoms with Crippen molar-refractivity contribution in [1.29, 1.82) is 0 Å². The minimum Gasteiger partial charge on any atom is -0.310 e. The Bertz CT molecular complexity index is 379. The maximum atomic E-state index is 4.20. The van der Waals surface area contributed by atoms with E-state index in [1.807, 2.05) is 10.9 Å². The number of nitrogens with zero attached hydrogens (tertiary/aromatic N) is 4. The first-order chi connectivity index (χ1) is 9.05. The number of hydrogen-bond acceptors (Lipinski definition) is 5. The van der Waals surface area contributed by atoms with Gasteiger partial charge in [-0.15, -0.1) is 5.10 Å². The highest BCUT2D eigenvalue weighted by Crippen LogP contribution is 2.11. The number of nitrogens with one attached hydrogen (secondary N) is 1. The van der Waals surface area contributed by atoms with Gasteiger partial charge in [0, 0.05) is 44.2 Å². The second-order valence-corrected chi connectivity index (χ2v) is 7.18. The number of hydrogen-bond donors (Lipinski definition) is 1. The summed E-state index contributed by atoms with van der Waals surface area (Å²) in [5.74, 6) is 2.56. The minimum absolute atomic E-state index is 0.0106. The molecule has 0 saturated carbocycles. The molecule has 0 aromatic carbocycles. The zero-order valence-electron chi connectivity index (χ0n) is 12.2. The smallest absolute Gasteiger partial charge is 0.0965 e. The fourth-order valence-electron chi connectivity index (χ4n) is 1.99. The summed E-state index contributed by atoms with van der Waals surface area (Å²) in [4.78, 5) is 2.52. The van der Waals surface area contributed by atoms with Crippen molar-refractivity contribution in [3.8, 4) is 0 Å². The zero-order chi connectivity index (χ0) is 13.7. The fraction of sp³-hybridized carbons (Fsp3) is 0.846. The van der Waals surface area contributed by atoms with Crippen LogP contribution in [0.4, 0.5) is 0 Å². The van der Waals surface area contributed by atoms with Crippen molar-refractivity contribution < 1.29 is 0 Å². The lowest BCUT2D eigenvalue weighted by Crippen LogP contribution is -2.37. The Morgan fingerprint density at radius 3 is 2.68 bits per heavy atom. The highest BCUT2D eigenvalue weighted by atomic mass is 32.2. The van der Waals surface area contributed by atoms with Crippen LogP contribution in [0.25, 0.3) is 0 Å². The molecule has 1 aliphatic heterocycles. The summed E-state index contributed by atoms with van der Waals surface area (Å²) in [6.45, 7) is 11.8. The van der Waals surface area contributed by atoms with Crippen molar-refractivity contribution in [3.05, 3.63) is 11.9 Å². The molecule has 2 heterocycles. The van der Waals surface area contributed by atoms with E-state index in [4.69, 9.17) is 0 Å². The molecule has 1 N–H and O–H groups in total. The van der Waals surface area contributed by atoms with Gasteiger partial charge in [-0.1, -0.05) is 5.21 Å². The van der Waals surface area contributed by atoms with Crippen molar-refractivity contribution in [3.63, 3.8) is 0 Å². The highest BCUT2D eigenvalue weighted by Gasteiger charge is 2.15. The van der Waals surface area contributed by atoms with E-state index in [9.17, 15) is 0 Å². The molecule has 1 fully saturated rings. The van der Waals surface area contributed by atoms with E-state index in [2.05, 4.69) is 53.1 Å². The van der Waals surface area contributed by atoms with Crippen LogP contribution in [0.1, 0.15) is 26.5 Å². The Kier molecular flexibility index (Phi) is 5.24. The monoisotopic (exact) mass is 283 g/mol. The van der Waals surface area contributed by atoms with Crippen LogP contribution in [0.15, 0.2) is 6.20 Å². The van der Waals surface area contributed by atoms with Crippen LogP contribution in [0, 0.1) is 0 Å². The molecule has 0 spiro atoms. The van der Waals surface area contributed by atoms with E-state index in [0.29, 0.717) is 0 Å². The summed E-state index contributed by atoms with van der Waals surface area (Å²) in [6, 6.07) is 0. The summed E-state index contributed by atoms with van der Waals surface area (Å²) < 4.78 is 1.92. The van der Waals surface area contributed by atoms with Gasteiger partial charge in [0.1, 0.15) is 0 Å². The Labute approximate surface area is 120 Å². The van der Waals surface area contributed by atoms with E-state index in [1.165, 1.54) is 24.6 Å². The number of thioether (sulfide) groups is 1. The van der Waals surface area contributed by atoms with E-state index in [0.717, 1.165) is 25.3 Å². The van der Waals surface area contributed by atoms with E-state index < -0.39 is 0 Å². The fourth-order valence-corrected chi connectivity index (χ4v) is 2.96. The summed E-state index contributed by atoms with van der Waals surface area (Å²) >= 11 is 2.06. The third-order valence-electron chi connectivity index (χ3n) is 3.24. The molecule has 108 valence electrons. The van der Waals surface area contributed by atoms with Crippen molar-refractivity contribution in [2.24, 2.45) is 0 Å². The van der Waals surface area contributed by atoms with Gasteiger partial charge in [-0.25, -0.2) is 4.68 Å². The lowest BCUT2D eigenvalue weighted by molar-refractivity contribution is 0.301. The van der Waals surface area contributed by atoms with Gasteiger partial charge in [0.05, 0.1) is 17.4 Å². The molecule has 0 aliphatic carbocycles. The van der Waals surface area contributed by atoms with Gasteiger partial charge in [0.25, 0.3) is 0 Å². The van der Waals surface area contributed by atoms with Crippen LogP contribution in [0.3, 0.4) is 0 Å². The second-order valence-electron chi connectivity index (χ2n) is 5.96. The zero-order valence-corrected chi connectivity index (χ0v) is 13.0. The molecule has 0 unspecified atom stereocenters. The van der Waals surface area contributed by atoms with Gasteiger partial charge < -0.3 is 10.2 Å². The van der Waals surface area contributed by atoms with Gasteiger partial charge in [-0.3, -0.25) is 0 Å². The predicted molar refractivity (Wildman–Crippen MR) is 80.5 cm³/mol. The Morgan fingerprint density at radius 1 is 1.32 bits per heavy atom. The number of aromatic nitrogens is 3. The van der Waals surface area contributed by atoms with Gasteiger partial charge in [-0.05, 0) is 20.8 Å². The van der Waals surface area contributed by atoms with E-state index in [1.54, 1.807) is 0 Å². The first-order valence-corrected chi connectivity index (χ1v) is 8.14. The van der Waals surface area contributed by atoms with E-state index >= 15 is 0 Å². The lowest BCUT2D eigenvalue weighted by atomic mass is 10.1. The third kappa shape index (κ3) is 4.78. The van der Waals surface area contributed by atoms with Crippen molar-refractivity contribution >= 4 is 11.8 Å². The molecule has 0 radical (unpaired) electrons.